The van der Waals surface area contributed by atoms with Crippen LogP contribution in [0.3, 0.4) is 0 Å². The minimum absolute atomic E-state index is 0.235. The van der Waals surface area contributed by atoms with Gasteiger partial charge in [-0.15, -0.1) is 0 Å². The largest absolute Gasteiger partial charge is 0.338 e. The number of hydrogen-bond donors (Lipinski definition) is 1. The van der Waals surface area contributed by atoms with Gasteiger partial charge in [0.2, 0.25) is 5.91 Å². The Balaban J connectivity index is 2.49. The summed E-state index contributed by atoms with van der Waals surface area (Å²) in [5, 5.41) is 3.29. The first-order valence-corrected chi connectivity index (χ1v) is 7.18. The highest BCUT2D eigenvalue weighted by atomic mass is 16.2. The predicted octanol–water partition coefficient (Wildman–Crippen LogP) is 2.81. The lowest BCUT2D eigenvalue weighted by Gasteiger charge is -2.22. The van der Waals surface area contributed by atoms with Gasteiger partial charge in [-0.25, -0.2) is 0 Å². The Morgan fingerprint density at radius 3 is 2.53 bits per heavy atom. The minimum Gasteiger partial charge on any atom is -0.338 e. The van der Waals surface area contributed by atoms with Crippen molar-refractivity contribution < 1.29 is 4.79 Å². The number of nitrogens with one attached hydrogen (secondary N) is 1. The number of carbonyl (C=O) groups is 1. The molecule has 0 radical (unpaired) electrons. The van der Waals surface area contributed by atoms with E-state index in [-0.39, 0.29) is 5.91 Å². The number of carbonyl (C=O) groups excluding carboxylic acids is 1. The van der Waals surface area contributed by atoms with Crippen molar-refractivity contribution in [2.75, 3.05) is 13.1 Å². The summed E-state index contributed by atoms with van der Waals surface area (Å²) in [7, 11) is 0. The van der Waals surface area contributed by atoms with E-state index in [9.17, 15) is 4.79 Å². The average molecular weight is 262 g/mol. The Labute approximate surface area is 117 Å². The number of nitrogens with zero attached hydrogens (tertiary/aromatic N) is 1. The SMILES string of the molecule is CCCN(Cc1ccccc1)C(=O)CCNC(C)C. The van der Waals surface area contributed by atoms with E-state index in [1.807, 2.05) is 23.1 Å². The van der Waals surface area contributed by atoms with Gasteiger partial charge in [-0.1, -0.05) is 51.1 Å². The van der Waals surface area contributed by atoms with Gasteiger partial charge in [-0.05, 0) is 12.0 Å². The molecule has 0 saturated carbocycles. The van der Waals surface area contributed by atoms with Crippen molar-refractivity contribution in [1.29, 1.82) is 0 Å². The van der Waals surface area contributed by atoms with E-state index in [1.165, 1.54) is 5.56 Å². The molecule has 0 bridgehead atoms. The van der Waals surface area contributed by atoms with Crippen LogP contribution in [0.4, 0.5) is 0 Å². The summed E-state index contributed by atoms with van der Waals surface area (Å²) < 4.78 is 0. The van der Waals surface area contributed by atoms with Crippen LogP contribution in [0.25, 0.3) is 0 Å². The highest BCUT2D eigenvalue weighted by Crippen LogP contribution is 2.06. The van der Waals surface area contributed by atoms with Gasteiger partial charge in [-0.3, -0.25) is 4.79 Å². The van der Waals surface area contributed by atoms with E-state index in [4.69, 9.17) is 0 Å². The molecule has 1 aromatic carbocycles. The van der Waals surface area contributed by atoms with Gasteiger partial charge in [0.15, 0.2) is 0 Å². The van der Waals surface area contributed by atoms with Crippen LogP contribution in [0, 0.1) is 0 Å². The minimum atomic E-state index is 0.235. The van der Waals surface area contributed by atoms with Gasteiger partial charge >= 0.3 is 0 Å². The van der Waals surface area contributed by atoms with E-state index in [1.54, 1.807) is 0 Å². The molecule has 3 nitrogen and oxygen atoms in total. The lowest BCUT2D eigenvalue weighted by atomic mass is 10.2. The first kappa shape index (κ1) is 15.7. The van der Waals surface area contributed by atoms with Crippen LogP contribution in [0.5, 0.6) is 0 Å². The molecule has 0 heterocycles. The molecule has 0 spiro atoms. The second kappa shape index (κ2) is 8.70. The van der Waals surface area contributed by atoms with Crippen LogP contribution >= 0.6 is 0 Å². The van der Waals surface area contributed by atoms with Crippen LogP contribution < -0.4 is 5.32 Å². The van der Waals surface area contributed by atoms with Crippen LogP contribution in [0.15, 0.2) is 30.3 Å². The molecule has 0 aliphatic heterocycles. The molecule has 0 aliphatic carbocycles. The van der Waals surface area contributed by atoms with Crippen LogP contribution in [0.2, 0.25) is 0 Å². The maximum Gasteiger partial charge on any atom is 0.224 e. The molecule has 1 amide bonds. The summed E-state index contributed by atoms with van der Waals surface area (Å²) in [4.78, 5) is 14.2. The van der Waals surface area contributed by atoms with Crippen molar-refractivity contribution in [3.63, 3.8) is 0 Å². The van der Waals surface area contributed by atoms with Crippen molar-refractivity contribution in [3.05, 3.63) is 35.9 Å². The Morgan fingerprint density at radius 2 is 1.95 bits per heavy atom. The first-order valence-electron chi connectivity index (χ1n) is 7.18. The zero-order valence-corrected chi connectivity index (χ0v) is 12.4. The molecule has 0 atom stereocenters. The third kappa shape index (κ3) is 6.39. The van der Waals surface area contributed by atoms with Crippen LogP contribution in [0.1, 0.15) is 39.2 Å². The fraction of sp³-hybridized carbons (Fsp3) is 0.562. The molecule has 0 aliphatic rings. The molecule has 1 rings (SSSR count). The first-order chi connectivity index (χ1) is 9.13. The van der Waals surface area contributed by atoms with Gasteiger partial charge in [0.05, 0.1) is 0 Å². The summed E-state index contributed by atoms with van der Waals surface area (Å²) >= 11 is 0. The van der Waals surface area contributed by atoms with E-state index >= 15 is 0 Å². The third-order valence-corrected chi connectivity index (χ3v) is 2.95. The molecular weight excluding hydrogens is 236 g/mol. The standard InChI is InChI=1S/C16H26N2O/c1-4-12-18(13-15-8-6-5-7-9-15)16(19)10-11-17-14(2)3/h5-9,14,17H,4,10-13H2,1-3H3. The summed E-state index contributed by atoms with van der Waals surface area (Å²) in [6.45, 7) is 8.60. The number of rotatable bonds is 8. The zero-order chi connectivity index (χ0) is 14.1. The molecule has 3 heteroatoms. The molecular formula is C16H26N2O. The number of hydrogen-bond acceptors (Lipinski definition) is 2. The molecule has 0 aromatic heterocycles. The van der Waals surface area contributed by atoms with Gasteiger partial charge < -0.3 is 10.2 Å². The maximum absolute atomic E-state index is 12.2. The molecule has 0 fully saturated rings. The Morgan fingerprint density at radius 1 is 1.26 bits per heavy atom. The number of benzene rings is 1. The van der Waals surface area contributed by atoms with Crippen molar-refractivity contribution in [1.82, 2.24) is 10.2 Å². The highest BCUT2D eigenvalue weighted by Gasteiger charge is 2.12. The van der Waals surface area contributed by atoms with Gasteiger partial charge in [0, 0.05) is 32.1 Å². The van der Waals surface area contributed by atoms with Crippen molar-refractivity contribution >= 4 is 5.91 Å². The second-order valence-corrected chi connectivity index (χ2v) is 5.16. The summed E-state index contributed by atoms with van der Waals surface area (Å²) in [5.74, 6) is 0.235. The lowest BCUT2D eigenvalue weighted by molar-refractivity contribution is -0.131. The Bertz CT molecular complexity index is 362. The zero-order valence-electron chi connectivity index (χ0n) is 12.4. The highest BCUT2D eigenvalue weighted by molar-refractivity contribution is 5.76. The topological polar surface area (TPSA) is 32.3 Å². The van der Waals surface area contributed by atoms with E-state index in [0.29, 0.717) is 12.5 Å². The van der Waals surface area contributed by atoms with Crippen LogP contribution in [-0.4, -0.2) is 29.9 Å². The smallest absolute Gasteiger partial charge is 0.224 e. The molecule has 0 unspecified atom stereocenters. The van der Waals surface area contributed by atoms with E-state index in [2.05, 4.69) is 38.2 Å². The maximum atomic E-state index is 12.2. The molecule has 19 heavy (non-hydrogen) atoms. The fourth-order valence-electron chi connectivity index (χ4n) is 1.99. The van der Waals surface area contributed by atoms with Crippen LogP contribution in [-0.2, 0) is 11.3 Å². The quantitative estimate of drug-likeness (QED) is 0.781. The van der Waals surface area contributed by atoms with E-state index < -0.39 is 0 Å². The van der Waals surface area contributed by atoms with Gasteiger partial charge in [0.25, 0.3) is 0 Å². The number of amides is 1. The fourth-order valence-corrected chi connectivity index (χ4v) is 1.99. The van der Waals surface area contributed by atoms with Gasteiger partial charge in [-0.2, -0.15) is 0 Å². The van der Waals surface area contributed by atoms with Crippen molar-refractivity contribution in [3.8, 4) is 0 Å². The summed E-state index contributed by atoms with van der Waals surface area (Å²) in [6.07, 6.45) is 1.57. The van der Waals surface area contributed by atoms with E-state index in [0.717, 1.165) is 26.1 Å². The normalized spacial score (nSPS) is 10.7. The lowest BCUT2D eigenvalue weighted by Crippen LogP contribution is -2.34. The molecule has 1 N–H and O–H groups in total. The van der Waals surface area contributed by atoms with Crippen molar-refractivity contribution in [2.45, 2.75) is 46.2 Å². The summed E-state index contributed by atoms with van der Waals surface area (Å²) in [5.41, 5.74) is 1.20. The van der Waals surface area contributed by atoms with Crippen molar-refractivity contribution in [2.24, 2.45) is 0 Å². The Hall–Kier alpha value is -1.35. The molecule has 0 saturated heterocycles. The summed E-state index contributed by atoms with van der Waals surface area (Å²) in [6, 6.07) is 10.6. The predicted molar refractivity (Wildman–Crippen MR) is 79.9 cm³/mol. The monoisotopic (exact) mass is 262 g/mol. The second-order valence-electron chi connectivity index (χ2n) is 5.16. The van der Waals surface area contributed by atoms with Gasteiger partial charge in [0.1, 0.15) is 0 Å². The molecule has 1 aromatic rings. The molecule has 106 valence electrons. The average Bonchev–Trinajstić information content (AvgIpc) is 2.39. The Kier molecular flexibility index (Phi) is 7.19. The third-order valence-electron chi connectivity index (χ3n) is 2.95.